The lowest BCUT2D eigenvalue weighted by atomic mass is 9.49. The van der Waals surface area contributed by atoms with E-state index >= 15 is 4.79 Å². The molecule has 0 aromatic heterocycles. The fourth-order valence-corrected chi connectivity index (χ4v) is 8.92. The maximum atomic E-state index is 15.3. The maximum absolute atomic E-state index is 15.3. The zero-order valence-corrected chi connectivity index (χ0v) is 26.8. The lowest BCUT2D eigenvalue weighted by molar-refractivity contribution is -0.140. The van der Waals surface area contributed by atoms with Crippen LogP contribution in [0.2, 0.25) is 0 Å². The van der Waals surface area contributed by atoms with Crippen LogP contribution in [-0.4, -0.2) is 51.8 Å². The molecule has 0 bridgehead atoms. The minimum absolute atomic E-state index is 0.0662. The van der Waals surface area contributed by atoms with Crippen LogP contribution in [0.3, 0.4) is 0 Å². The lowest BCUT2D eigenvalue weighted by Gasteiger charge is -2.51. The molecule has 0 unspecified atom stereocenters. The second kappa shape index (κ2) is 11.2. The summed E-state index contributed by atoms with van der Waals surface area (Å²) < 4.78 is 4.81. The highest BCUT2D eigenvalue weighted by atomic mass is 16.5. The summed E-state index contributed by atoms with van der Waals surface area (Å²) in [6.45, 7) is 1.95. The molecule has 6 atom stereocenters. The minimum Gasteiger partial charge on any atom is -0.507 e. The number of nitrogens with one attached hydrogen (secondary N) is 1. The van der Waals surface area contributed by atoms with Crippen LogP contribution in [0.1, 0.15) is 35.4 Å². The average molecular weight is 656 g/mol. The van der Waals surface area contributed by atoms with E-state index < -0.39 is 64.7 Å². The molecule has 2 saturated heterocycles. The molecule has 49 heavy (non-hydrogen) atoms. The molecular weight excluding hydrogens is 622 g/mol. The van der Waals surface area contributed by atoms with Gasteiger partial charge in [0.15, 0.2) is 0 Å². The van der Waals surface area contributed by atoms with Crippen molar-refractivity contribution in [1.82, 2.24) is 9.91 Å². The molecule has 4 aromatic carbocycles. The number of ether oxygens (including phenoxy) is 1. The van der Waals surface area contributed by atoms with Crippen molar-refractivity contribution in [1.29, 1.82) is 0 Å². The number of phenolic OH excluding ortho intramolecular Hbond substituents is 1. The number of benzene rings is 4. The van der Waals surface area contributed by atoms with Gasteiger partial charge in [-0.25, -0.2) is 4.79 Å². The van der Waals surface area contributed by atoms with E-state index in [-0.39, 0.29) is 18.6 Å². The molecule has 10 nitrogen and oxygen atoms in total. The summed E-state index contributed by atoms with van der Waals surface area (Å²) in [4.78, 5) is 70.8. The highest BCUT2D eigenvalue weighted by molar-refractivity contribution is 6.17. The highest BCUT2D eigenvalue weighted by Crippen LogP contribution is 2.64. The van der Waals surface area contributed by atoms with Crippen LogP contribution in [0.15, 0.2) is 103 Å². The van der Waals surface area contributed by atoms with Crippen molar-refractivity contribution in [2.45, 2.75) is 31.1 Å². The third-order valence-corrected chi connectivity index (χ3v) is 11.0. The van der Waals surface area contributed by atoms with Gasteiger partial charge in [-0.05, 0) is 60.4 Å². The van der Waals surface area contributed by atoms with Crippen molar-refractivity contribution in [2.75, 3.05) is 12.5 Å². The van der Waals surface area contributed by atoms with E-state index in [9.17, 15) is 24.3 Å². The Kier molecular flexibility index (Phi) is 6.95. The van der Waals surface area contributed by atoms with Crippen LogP contribution in [0.5, 0.6) is 5.75 Å². The van der Waals surface area contributed by atoms with Gasteiger partial charge in [0, 0.05) is 11.3 Å². The van der Waals surface area contributed by atoms with Crippen LogP contribution in [0.25, 0.3) is 10.8 Å². The number of allylic oxidation sites excluding steroid dienone is 2. The smallest absolute Gasteiger partial charge is 0.423 e. The average Bonchev–Trinajstić information content (AvgIpc) is 3.50. The highest BCUT2D eigenvalue weighted by Gasteiger charge is 2.70. The first-order valence-electron chi connectivity index (χ1n) is 16.3. The normalized spacial score (nSPS) is 27.5. The van der Waals surface area contributed by atoms with Gasteiger partial charge in [0.25, 0.3) is 11.8 Å². The fraction of sp³-hybridized carbons (Fsp3) is 0.256. The van der Waals surface area contributed by atoms with E-state index in [0.717, 1.165) is 23.3 Å². The Balaban J connectivity index is 1.39. The molecule has 4 aliphatic rings. The van der Waals surface area contributed by atoms with E-state index in [0.29, 0.717) is 32.5 Å². The number of fused-ring (bicyclic) bond motifs is 5. The Morgan fingerprint density at radius 3 is 2.24 bits per heavy atom. The topological polar surface area (TPSA) is 133 Å². The Morgan fingerprint density at radius 2 is 1.53 bits per heavy atom. The number of methoxy groups -OCH3 is 1. The van der Waals surface area contributed by atoms with Gasteiger partial charge >= 0.3 is 6.09 Å². The third kappa shape index (κ3) is 4.22. The van der Waals surface area contributed by atoms with Crippen LogP contribution < -0.4 is 5.43 Å². The van der Waals surface area contributed by atoms with Crippen LogP contribution in [-0.2, 0) is 29.3 Å². The first kappa shape index (κ1) is 30.6. The molecule has 10 heteroatoms. The number of hydrogen-bond donors (Lipinski definition) is 2. The van der Waals surface area contributed by atoms with E-state index in [1.165, 1.54) is 0 Å². The number of rotatable bonds is 4. The number of nitrogens with zero attached hydrogens (tertiary/aromatic N) is 2. The number of amides is 5. The van der Waals surface area contributed by atoms with E-state index in [1.807, 2.05) is 73.7 Å². The number of hydrogen-bond acceptors (Lipinski definition) is 8. The zero-order chi connectivity index (χ0) is 34.2. The fourth-order valence-electron chi connectivity index (χ4n) is 8.92. The molecular formula is C39H33N3O7. The van der Waals surface area contributed by atoms with Crippen LogP contribution in [0, 0.1) is 30.6 Å². The second-order valence-corrected chi connectivity index (χ2v) is 13.3. The summed E-state index contributed by atoms with van der Waals surface area (Å²) in [5, 5.41) is 13.3. The zero-order valence-electron chi connectivity index (χ0n) is 26.8. The number of aryl methyl sites for hydroxylation is 1. The van der Waals surface area contributed by atoms with Gasteiger partial charge in [0.2, 0.25) is 11.8 Å². The monoisotopic (exact) mass is 655 g/mol. The summed E-state index contributed by atoms with van der Waals surface area (Å²) in [6, 6.07) is 27.3. The Morgan fingerprint density at radius 1 is 0.837 bits per heavy atom. The van der Waals surface area contributed by atoms with Gasteiger partial charge in [-0.3, -0.25) is 24.6 Å². The molecule has 0 radical (unpaired) electrons. The van der Waals surface area contributed by atoms with Crippen molar-refractivity contribution in [2.24, 2.45) is 23.7 Å². The first-order chi connectivity index (χ1) is 23.7. The quantitative estimate of drug-likeness (QED) is 0.214. The number of anilines is 1. The summed E-state index contributed by atoms with van der Waals surface area (Å²) >= 11 is 0. The number of aromatic hydroxyl groups is 1. The molecule has 2 aliphatic carbocycles. The van der Waals surface area contributed by atoms with Gasteiger partial charge in [-0.1, -0.05) is 90.0 Å². The van der Waals surface area contributed by atoms with Crippen molar-refractivity contribution in [3.63, 3.8) is 0 Å². The number of hydrazine groups is 1. The first-order valence-corrected chi connectivity index (χ1v) is 16.3. The van der Waals surface area contributed by atoms with Gasteiger partial charge in [0.1, 0.15) is 5.75 Å². The van der Waals surface area contributed by atoms with Crippen molar-refractivity contribution < 1.29 is 33.8 Å². The third-order valence-electron chi connectivity index (χ3n) is 11.0. The van der Waals surface area contributed by atoms with E-state index in [4.69, 9.17) is 4.74 Å². The molecule has 8 rings (SSSR count). The standard InChI is InChI=1S/C39H33N3O7/c1-21-12-14-23(15-13-21)40-42-35(45)30-20-29-27(16-17-28-32(29)36(46)41(34(28)44)38(48)49-2)33(39(30,37(42)47)22-8-4-3-5-9-22)26-18-19-31(43)25-11-7-6-10-24(25)26/h3-16,18-19,28-30,32-33,40,43H,17,20H2,1-2H3/t28-,29+,30-,32-,33-,39+/m0/s1. The van der Waals surface area contributed by atoms with Gasteiger partial charge < -0.3 is 9.84 Å². The maximum Gasteiger partial charge on any atom is 0.423 e. The molecule has 2 N–H and O–H groups in total. The number of likely N-dealkylation sites (tertiary alicyclic amines) is 1. The van der Waals surface area contributed by atoms with Crippen molar-refractivity contribution >= 4 is 46.2 Å². The molecule has 5 amide bonds. The van der Waals surface area contributed by atoms with Crippen LogP contribution >= 0.6 is 0 Å². The predicted octanol–water partition coefficient (Wildman–Crippen LogP) is 5.61. The molecule has 3 fully saturated rings. The van der Waals surface area contributed by atoms with Crippen molar-refractivity contribution in [3.05, 3.63) is 119 Å². The number of imide groups is 4. The van der Waals surface area contributed by atoms with Gasteiger partial charge in [0.05, 0.1) is 36.0 Å². The Labute approximate surface area is 281 Å². The second-order valence-electron chi connectivity index (χ2n) is 13.3. The largest absolute Gasteiger partial charge is 0.507 e. The SMILES string of the molecule is COC(=O)N1C(=O)[C@H]2[C@H](CC=C3[C@H]2C[C@H]2C(=O)N(Nc4ccc(C)cc4)C(=O)[C@@]2(c2ccccc2)[C@H]3c2ccc(O)c3ccccc23)C1=O. The van der Waals surface area contributed by atoms with E-state index in [1.54, 1.807) is 30.3 Å². The summed E-state index contributed by atoms with van der Waals surface area (Å²) in [7, 11) is 1.12. The number of carbonyl (C=O) groups is 5. The van der Waals surface area contributed by atoms with E-state index in [2.05, 4.69) is 5.43 Å². The van der Waals surface area contributed by atoms with Crippen LogP contribution in [0.4, 0.5) is 10.5 Å². The molecule has 0 spiro atoms. The summed E-state index contributed by atoms with van der Waals surface area (Å²) in [5.41, 5.74) is 5.30. The molecule has 1 saturated carbocycles. The summed E-state index contributed by atoms with van der Waals surface area (Å²) in [5.74, 6) is -6.21. The van der Waals surface area contributed by atoms with Crippen molar-refractivity contribution in [3.8, 4) is 5.75 Å². The molecule has 4 aromatic rings. The predicted molar refractivity (Wildman–Crippen MR) is 179 cm³/mol. The molecule has 2 aliphatic heterocycles. The molecule has 2 heterocycles. The lowest BCUT2D eigenvalue weighted by Crippen LogP contribution is -2.53. The summed E-state index contributed by atoms with van der Waals surface area (Å²) in [6.07, 6.45) is 1.16. The number of phenols is 1. The minimum atomic E-state index is -1.46. The van der Waals surface area contributed by atoms with Gasteiger partial charge in [-0.2, -0.15) is 9.91 Å². The van der Waals surface area contributed by atoms with Gasteiger partial charge in [-0.15, -0.1) is 0 Å². The Bertz CT molecular complexity index is 2110. The molecule has 246 valence electrons. The Hall–Kier alpha value is -5.77. The number of carbonyl (C=O) groups excluding carboxylic acids is 5.